The van der Waals surface area contributed by atoms with Crippen molar-refractivity contribution in [3.05, 3.63) is 36.7 Å². The predicted molar refractivity (Wildman–Crippen MR) is 50.9 cm³/mol. The van der Waals surface area contributed by atoms with Gasteiger partial charge in [-0.1, -0.05) is 12.2 Å². The number of ether oxygens (including phenoxy) is 1. The van der Waals surface area contributed by atoms with Crippen molar-refractivity contribution in [2.75, 3.05) is 0 Å². The highest BCUT2D eigenvalue weighted by Gasteiger charge is 2.10. The number of carbonyl (C=O) groups is 1. The van der Waals surface area contributed by atoms with E-state index >= 15 is 0 Å². The Bertz CT molecular complexity index is 248. The highest BCUT2D eigenvalue weighted by molar-refractivity contribution is 5.70. The van der Waals surface area contributed by atoms with Crippen LogP contribution < -0.4 is 0 Å². The van der Waals surface area contributed by atoms with Crippen molar-refractivity contribution in [3.63, 3.8) is 0 Å². The molecule has 1 rings (SSSR count). The number of amides is 1. The second-order valence-corrected chi connectivity index (χ2v) is 2.91. The van der Waals surface area contributed by atoms with E-state index in [1.54, 1.807) is 24.6 Å². The fraction of sp³-hybridized carbons (Fsp3) is 0.300. The lowest BCUT2D eigenvalue weighted by atomic mass is 10.5. The number of allylic oxidation sites excluding steroid dienone is 4. The maximum Gasteiger partial charge on any atom is 0.418 e. The van der Waals surface area contributed by atoms with E-state index in [4.69, 9.17) is 4.74 Å². The van der Waals surface area contributed by atoms with Crippen LogP contribution in [0.25, 0.3) is 0 Å². The summed E-state index contributed by atoms with van der Waals surface area (Å²) in [5.41, 5.74) is 0. The molecule has 0 aromatic rings. The Morgan fingerprint density at radius 2 is 1.69 bits per heavy atom. The lowest BCUT2D eigenvalue weighted by molar-refractivity contribution is 0.0986. The van der Waals surface area contributed by atoms with Crippen LogP contribution in [0.3, 0.4) is 0 Å². The van der Waals surface area contributed by atoms with E-state index in [-0.39, 0.29) is 12.2 Å². The minimum Gasteiger partial charge on any atom is -0.446 e. The van der Waals surface area contributed by atoms with Gasteiger partial charge in [0.05, 0.1) is 6.10 Å². The third-order valence-electron chi connectivity index (χ3n) is 1.37. The summed E-state index contributed by atoms with van der Waals surface area (Å²) < 4.78 is 5.00. The molecule has 1 aliphatic rings. The van der Waals surface area contributed by atoms with Crippen LogP contribution >= 0.6 is 0 Å². The summed E-state index contributed by atoms with van der Waals surface area (Å²) in [5, 5.41) is 0. The third-order valence-corrected chi connectivity index (χ3v) is 1.37. The maximum absolute atomic E-state index is 11.3. The molecule has 0 spiro atoms. The van der Waals surface area contributed by atoms with Gasteiger partial charge in [-0.25, -0.2) is 4.79 Å². The summed E-state index contributed by atoms with van der Waals surface area (Å²) in [4.78, 5) is 12.7. The molecule has 3 heteroatoms. The number of hydrogen-bond acceptors (Lipinski definition) is 2. The number of carbonyl (C=O) groups excluding carboxylic acids is 1. The molecule has 0 radical (unpaired) electrons. The predicted octanol–water partition coefficient (Wildman–Crippen LogP) is 2.43. The topological polar surface area (TPSA) is 29.5 Å². The van der Waals surface area contributed by atoms with Crippen molar-refractivity contribution in [1.82, 2.24) is 4.90 Å². The number of rotatable bonds is 1. The van der Waals surface area contributed by atoms with Gasteiger partial charge in [0.15, 0.2) is 0 Å². The molecular formula is C10H13NO2. The van der Waals surface area contributed by atoms with Crippen molar-refractivity contribution < 1.29 is 9.53 Å². The highest BCUT2D eigenvalue weighted by Crippen LogP contribution is 2.03. The van der Waals surface area contributed by atoms with Crippen molar-refractivity contribution in [1.29, 1.82) is 0 Å². The molecule has 0 fully saturated rings. The van der Waals surface area contributed by atoms with E-state index in [9.17, 15) is 4.79 Å². The molecule has 0 aliphatic carbocycles. The van der Waals surface area contributed by atoms with Gasteiger partial charge in [0.25, 0.3) is 0 Å². The Morgan fingerprint density at radius 3 is 2.15 bits per heavy atom. The van der Waals surface area contributed by atoms with Gasteiger partial charge in [0, 0.05) is 12.4 Å². The molecule has 0 aromatic carbocycles. The molecule has 0 atom stereocenters. The summed E-state index contributed by atoms with van der Waals surface area (Å²) in [6.45, 7) is 3.64. The second-order valence-electron chi connectivity index (χ2n) is 2.91. The lowest BCUT2D eigenvalue weighted by Gasteiger charge is -2.14. The average Bonchev–Trinajstić information content (AvgIpc) is 2.29. The minimum absolute atomic E-state index is 0.0921. The Kier molecular flexibility index (Phi) is 3.31. The molecule has 1 aliphatic heterocycles. The Balaban J connectivity index is 2.56. The van der Waals surface area contributed by atoms with Gasteiger partial charge in [-0.3, -0.25) is 4.90 Å². The molecule has 0 aromatic heterocycles. The number of nitrogens with zero attached hydrogens (tertiary/aromatic N) is 1. The zero-order valence-corrected chi connectivity index (χ0v) is 7.81. The normalized spacial score (nSPS) is 14.8. The van der Waals surface area contributed by atoms with E-state index in [2.05, 4.69) is 0 Å². The molecule has 0 bridgehead atoms. The van der Waals surface area contributed by atoms with Gasteiger partial charge in [-0.2, -0.15) is 0 Å². The molecule has 0 unspecified atom stereocenters. The van der Waals surface area contributed by atoms with Crippen LogP contribution in [0.1, 0.15) is 13.8 Å². The first-order valence-corrected chi connectivity index (χ1v) is 4.21. The van der Waals surface area contributed by atoms with Gasteiger partial charge in [-0.05, 0) is 26.0 Å². The second kappa shape index (κ2) is 4.50. The molecule has 13 heavy (non-hydrogen) atoms. The first-order valence-electron chi connectivity index (χ1n) is 4.21. The molecular weight excluding hydrogens is 166 g/mol. The van der Waals surface area contributed by atoms with Crippen LogP contribution in [-0.4, -0.2) is 17.1 Å². The molecule has 3 nitrogen and oxygen atoms in total. The first kappa shape index (κ1) is 9.58. The fourth-order valence-electron chi connectivity index (χ4n) is 0.847. The maximum atomic E-state index is 11.3. The van der Waals surface area contributed by atoms with E-state index in [0.717, 1.165) is 0 Å². The van der Waals surface area contributed by atoms with Crippen LogP contribution in [0.15, 0.2) is 36.7 Å². The Hall–Kier alpha value is -1.51. The minimum atomic E-state index is -0.355. The fourth-order valence-corrected chi connectivity index (χ4v) is 0.847. The van der Waals surface area contributed by atoms with Crippen molar-refractivity contribution in [2.24, 2.45) is 0 Å². The van der Waals surface area contributed by atoms with E-state index in [0.29, 0.717) is 0 Å². The molecule has 0 saturated heterocycles. The zero-order valence-electron chi connectivity index (χ0n) is 7.81. The summed E-state index contributed by atoms with van der Waals surface area (Å²) in [6.07, 6.45) is 10.1. The van der Waals surface area contributed by atoms with Gasteiger partial charge >= 0.3 is 6.09 Å². The molecule has 0 saturated carbocycles. The van der Waals surface area contributed by atoms with Gasteiger partial charge in [0.2, 0.25) is 0 Å². The van der Waals surface area contributed by atoms with Gasteiger partial charge < -0.3 is 4.74 Å². The van der Waals surface area contributed by atoms with E-state index < -0.39 is 0 Å². The van der Waals surface area contributed by atoms with Gasteiger partial charge in [-0.15, -0.1) is 0 Å². The molecule has 0 N–H and O–H groups in total. The van der Waals surface area contributed by atoms with Crippen molar-refractivity contribution in [2.45, 2.75) is 20.0 Å². The largest absolute Gasteiger partial charge is 0.446 e. The SMILES string of the molecule is CC(C)OC(=O)N1C=CC=CC=C1. The third kappa shape index (κ3) is 3.15. The first-order chi connectivity index (χ1) is 6.20. The lowest BCUT2D eigenvalue weighted by Crippen LogP contribution is -2.23. The quantitative estimate of drug-likeness (QED) is 0.618. The van der Waals surface area contributed by atoms with Crippen molar-refractivity contribution >= 4 is 6.09 Å². The zero-order chi connectivity index (χ0) is 9.68. The summed E-state index contributed by atoms with van der Waals surface area (Å²) in [6, 6.07) is 0. The van der Waals surface area contributed by atoms with Crippen LogP contribution in [0.4, 0.5) is 4.79 Å². The summed E-state index contributed by atoms with van der Waals surface area (Å²) >= 11 is 0. The average molecular weight is 179 g/mol. The van der Waals surface area contributed by atoms with E-state index in [1.807, 2.05) is 26.0 Å². The van der Waals surface area contributed by atoms with E-state index in [1.165, 1.54) is 4.90 Å². The van der Waals surface area contributed by atoms with Crippen molar-refractivity contribution in [3.8, 4) is 0 Å². The highest BCUT2D eigenvalue weighted by atomic mass is 16.6. The Labute approximate surface area is 78.0 Å². The molecule has 1 heterocycles. The monoisotopic (exact) mass is 179 g/mol. The number of hydrogen-bond donors (Lipinski definition) is 0. The smallest absolute Gasteiger partial charge is 0.418 e. The Morgan fingerprint density at radius 1 is 1.15 bits per heavy atom. The standard InChI is InChI=1S/C10H13NO2/c1-9(2)13-10(12)11-7-5-3-4-6-8-11/h3-9H,1-2H3. The van der Waals surface area contributed by atoms with Crippen LogP contribution in [0.2, 0.25) is 0 Å². The molecule has 70 valence electrons. The summed E-state index contributed by atoms with van der Waals surface area (Å²) in [7, 11) is 0. The van der Waals surface area contributed by atoms with Crippen LogP contribution in [0.5, 0.6) is 0 Å². The molecule has 1 amide bonds. The van der Waals surface area contributed by atoms with Crippen LogP contribution in [-0.2, 0) is 4.74 Å². The van der Waals surface area contributed by atoms with Crippen LogP contribution in [0, 0.1) is 0 Å². The van der Waals surface area contributed by atoms with Gasteiger partial charge in [0.1, 0.15) is 0 Å². The summed E-state index contributed by atoms with van der Waals surface area (Å²) in [5.74, 6) is 0.